The summed E-state index contributed by atoms with van der Waals surface area (Å²) in [6, 6.07) is 0. The molecule has 5 rings (SSSR count). The summed E-state index contributed by atoms with van der Waals surface area (Å²) in [5.41, 5.74) is 6.87. The van der Waals surface area contributed by atoms with Gasteiger partial charge in [0.05, 0.1) is 0 Å². The Balaban J connectivity index is 1.26. The third kappa shape index (κ3) is 3.93. The fourth-order valence-corrected chi connectivity index (χ4v) is 2.57. The van der Waals surface area contributed by atoms with E-state index in [1.165, 1.54) is 37.7 Å². The standard InChI is InChI=1S/C20H12N6O8/c1-9(11-4-32-17(23-11)12-3-29-8-22-12)30-2-10(21)16-24-13(5-31-16)18-25-14(6-33-18)19-26-15(7-34-19)20(27)28/h2-8H,1,21H2,(H,27,28)/b10-2-. The molecule has 14 nitrogen and oxygen atoms in total. The second kappa shape index (κ2) is 8.27. The highest BCUT2D eigenvalue weighted by Gasteiger charge is 2.19. The van der Waals surface area contributed by atoms with Crippen molar-refractivity contribution in [1.29, 1.82) is 0 Å². The van der Waals surface area contributed by atoms with E-state index in [1.54, 1.807) is 0 Å². The molecule has 0 spiro atoms. The van der Waals surface area contributed by atoms with Crippen molar-refractivity contribution in [3.8, 4) is 34.8 Å². The van der Waals surface area contributed by atoms with Gasteiger partial charge in [-0.1, -0.05) is 6.58 Å². The summed E-state index contributed by atoms with van der Waals surface area (Å²) >= 11 is 0. The van der Waals surface area contributed by atoms with Crippen LogP contribution in [-0.2, 0) is 4.74 Å². The lowest BCUT2D eigenvalue weighted by atomic mass is 10.4. The molecule has 34 heavy (non-hydrogen) atoms. The summed E-state index contributed by atoms with van der Waals surface area (Å²) in [6.45, 7) is 3.77. The lowest BCUT2D eigenvalue weighted by Crippen LogP contribution is -1.98. The Morgan fingerprint density at radius 1 is 0.882 bits per heavy atom. The van der Waals surface area contributed by atoms with Crippen LogP contribution < -0.4 is 5.73 Å². The highest BCUT2D eigenvalue weighted by molar-refractivity contribution is 5.85. The van der Waals surface area contributed by atoms with Crippen LogP contribution in [-0.4, -0.2) is 36.0 Å². The van der Waals surface area contributed by atoms with Gasteiger partial charge in [0.2, 0.25) is 23.6 Å². The highest BCUT2D eigenvalue weighted by Crippen LogP contribution is 2.25. The van der Waals surface area contributed by atoms with E-state index in [9.17, 15) is 4.79 Å². The van der Waals surface area contributed by atoms with E-state index >= 15 is 0 Å². The predicted molar refractivity (Wildman–Crippen MR) is 109 cm³/mol. The van der Waals surface area contributed by atoms with Crippen LogP contribution in [0.25, 0.3) is 46.2 Å². The zero-order valence-corrected chi connectivity index (χ0v) is 16.9. The average Bonchev–Trinajstić information content (AvgIpc) is 3.65. The molecule has 0 aliphatic rings. The van der Waals surface area contributed by atoms with Gasteiger partial charge in [0.25, 0.3) is 0 Å². The van der Waals surface area contributed by atoms with Crippen molar-refractivity contribution in [2.24, 2.45) is 5.73 Å². The molecule has 0 atom stereocenters. The van der Waals surface area contributed by atoms with Crippen LogP contribution in [0.1, 0.15) is 22.1 Å². The first kappa shape index (κ1) is 20.5. The molecule has 0 unspecified atom stereocenters. The van der Waals surface area contributed by atoms with Gasteiger partial charge in [-0.3, -0.25) is 0 Å². The monoisotopic (exact) mass is 464 g/mol. The van der Waals surface area contributed by atoms with Crippen LogP contribution in [0.3, 0.4) is 0 Å². The van der Waals surface area contributed by atoms with Crippen molar-refractivity contribution in [3.05, 3.63) is 67.8 Å². The molecule has 0 aliphatic heterocycles. The second-order valence-corrected chi connectivity index (χ2v) is 6.44. The van der Waals surface area contributed by atoms with Gasteiger partial charge in [-0.15, -0.1) is 0 Å². The molecular weight excluding hydrogens is 452 g/mol. The van der Waals surface area contributed by atoms with Gasteiger partial charge >= 0.3 is 5.97 Å². The second-order valence-electron chi connectivity index (χ2n) is 6.44. The van der Waals surface area contributed by atoms with Crippen LogP contribution in [0.4, 0.5) is 0 Å². The van der Waals surface area contributed by atoms with E-state index in [0.717, 1.165) is 6.26 Å². The molecule has 0 aromatic carbocycles. The van der Waals surface area contributed by atoms with Crippen molar-refractivity contribution < 1.29 is 36.7 Å². The number of rotatable bonds is 8. The number of hydrogen-bond acceptors (Lipinski definition) is 13. The lowest BCUT2D eigenvalue weighted by molar-refractivity contribution is 0.0690. The molecule has 0 bridgehead atoms. The number of oxazole rings is 5. The maximum Gasteiger partial charge on any atom is 0.357 e. The van der Waals surface area contributed by atoms with Crippen LogP contribution in [0, 0.1) is 0 Å². The van der Waals surface area contributed by atoms with Crippen LogP contribution in [0.2, 0.25) is 0 Å². The summed E-state index contributed by atoms with van der Waals surface area (Å²) in [6.07, 6.45) is 8.64. The Hall–Kier alpha value is -5.40. The molecule has 0 saturated carbocycles. The number of carboxylic acid groups (broad SMARTS) is 1. The summed E-state index contributed by atoms with van der Waals surface area (Å²) in [4.78, 5) is 31.2. The van der Waals surface area contributed by atoms with Gasteiger partial charge in [-0.05, 0) is 0 Å². The Labute approximate surface area is 188 Å². The fourth-order valence-electron chi connectivity index (χ4n) is 2.57. The summed E-state index contributed by atoms with van der Waals surface area (Å²) in [5.74, 6) is -0.779. The molecule has 0 fully saturated rings. The molecule has 0 amide bonds. The Morgan fingerprint density at radius 3 is 2.26 bits per heavy atom. The minimum absolute atomic E-state index is 0.0234. The molecule has 0 aliphatic carbocycles. The zero-order valence-electron chi connectivity index (χ0n) is 16.9. The number of hydrogen-bond donors (Lipinski definition) is 2. The minimum atomic E-state index is -1.23. The number of carboxylic acids is 1. The van der Waals surface area contributed by atoms with Gasteiger partial charge in [0.15, 0.2) is 29.2 Å². The molecule has 0 saturated heterocycles. The Bertz CT molecular complexity index is 1500. The first-order chi connectivity index (χ1) is 16.5. The highest BCUT2D eigenvalue weighted by atomic mass is 16.5. The summed E-state index contributed by atoms with van der Waals surface area (Å²) in [7, 11) is 0. The largest absolute Gasteiger partial charge is 0.476 e. The third-order valence-corrected chi connectivity index (χ3v) is 4.19. The fraction of sp³-hybridized carbons (Fsp3) is 0. The smallest absolute Gasteiger partial charge is 0.357 e. The Kier molecular flexibility index (Phi) is 4.99. The molecular formula is C20H12N6O8. The molecule has 5 heterocycles. The van der Waals surface area contributed by atoms with E-state index in [2.05, 4.69) is 31.5 Å². The maximum absolute atomic E-state index is 10.9. The van der Waals surface area contributed by atoms with E-state index in [4.69, 9.17) is 37.7 Å². The number of aromatic carboxylic acids is 1. The van der Waals surface area contributed by atoms with Crippen molar-refractivity contribution >= 4 is 17.4 Å². The maximum atomic E-state index is 10.9. The number of nitrogens with two attached hydrogens (primary N) is 1. The first-order valence-corrected chi connectivity index (χ1v) is 9.24. The Morgan fingerprint density at radius 2 is 1.53 bits per heavy atom. The van der Waals surface area contributed by atoms with Gasteiger partial charge < -0.3 is 37.7 Å². The van der Waals surface area contributed by atoms with Gasteiger partial charge in [-0.2, -0.15) is 0 Å². The molecule has 170 valence electrons. The van der Waals surface area contributed by atoms with Gasteiger partial charge in [0, 0.05) is 0 Å². The van der Waals surface area contributed by atoms with Crippen molar-refractivity contribution in [1.82, 2.24) is 24.9 Å². The van der Waals surface area contributed by atoms with Crippen LogP contribution >= 0.6 is 0 Å². The quantitative estimate of drug-likeness (QED) is 0.316. The minimum Gasteiger partial charge on any atom is -0.476 e. The van der Waals surface area contributed by atoms with Gasteiger partial charge in [-0.25, -0.2) is 29.7 Å². The number of aromatic nitrogens is 5. The zero-order chi connectivity index (χ0) is 23.7. The van der Waals surface area contributed by atoms with Crippen molar-refractivity contribution in [2.75, 3.05) is 0 Å². The molecule has 0 radical (unpaired) electrons. The SMILES string of the molecule is C=C(O/C=C(\N)c1nc(-c2nc(-c3nc(C(=O)O)co3)co2)co1)c1coc(-c2cocn2)n1. The normalized spacial score (nSPS) is 11.6. The molecule has 14 heteroatoms. The van der Waals surface area contributed by atoms with E-state index < -0.39 is 5.97 Å². The number of ether oxygens (including phenoxy) is 1. The molecule has 3 N–H and O–H groups in total. The van der Waals surface area contributed by atoms with Crippen LogP contribution in [0.5, 0.6) is 0 Å². The lowest BCUT2D eigenvalue weighted by Gasteiger charge is -2.01. The number of carbonyl (C=O) groups is 1. The van der Waals surface area contributed by atoms with Crippen LogP contribution in [0.15, 0.2) is 72.6 Å². The predicted octanol–water partition coefficient (Wildman–Crippen LogP) is 3.27. The number of nitrogens with zero attached hydrogens (tertiary/aromatic N) is 5. The summed E-state index contributed by atoms with van der Waals surface area (Å²) in [5, 5.41) is 8.93. The van der Waals surface area contributed by atoms with Gasteiger partial charge in [0.1, 0.15) is 54.7 Å². The average molecular weight is 464 g/mol. The van der Waals surface area contributed by atoms with Crippen molar-refractivity contribution in [3.63, 3.8) is 0 Å². The summed E-state index contributed by atoms with van der Waals surface area (Å²) < 4.78 is 31.4. The van der Waals surface area contributed by atoms with Crippen molar-refractivity contribution in [2.45, 2.75) is 0 Å². The van der Waals surface area contributed by atoms with E-state index in [0.29, 0.717) is 11.4 Å². The third-order valence-electron chi connectivity index (χ3n) is 4.19. The first-order valence-electron chi connectivity index (χ1n) is 9.24. The van der Waals surface area contributed by atoms with E-state index in [-0.39, 0.29) is 52.1 Å². The molecule has 5 aromatic rings. The topological polar surface area (TPSA) is 203 Å². The van der Waals surface area contributed by atoms with E-state index in [1.807, 2.05) is 0 Å². The molecule has 5 aromatic heterocycles.